The molecule has 3 atom stereocenters. The highest BCUT2D eigenvalue weighted by Crippen LogP contribution is 2.36. The largest absolute Gasteiger partial charge is 0.497 e. The van der Waals surface area contributed by atoms with Crippen molar-refractivity contribution in [3.8, 4) is 11.5 Å². The molecule has 0 radical (unpaired) electrons. The van der Waals surface area contributed by atoms with Gasteiger partial charge < -0.3 is 24.4 Å². The number of hydrogen-bond donors (Lipinski definition) is 2. The summed E-state index contributed by atoms with van der Waals surface area (Å²) in [6, 6.07) is 10.6. The number of nitrogens with zero attached hydrogens (tertiary/aromatic N) is 2. The number of ether oxygens (including phenoxy) is 2. The maximum Gasteiger partial charge on any atom is 0.262 e. The van der Waals surface area contributed by atoms with Crippen LogP contribution < -0.4 is 14.2 Å². The summed E-state index contributed by atoms with van der Waals surface area (Å²) in [6.45, 7) is 5.70. The molecule has 0 spiro atoms. The van der Waals surface area contributed by atoms with Crippen LogP contribution in [0.25, 0.3) is 0 Å². The second-order valence-corrected chi connectivity index (χ2v) is 13.0. The number of anilines is 1. The number of hydrogen-bond acceptors (Lipinski definition) is 7. The second kappa shape index (κ2) is 13.2. The minimum Gasteiger partial charge on any atom is -0.497 e. The molecule has 10 heteroatoms. The van der Waals surface area contributed by atoms with Crippen LogP contribution in [0.1, 0.15) is 56.3 Å². The third kappa shape index (κ3) is 7.08. The Hall–Kier alpha value is -2.82. The van der Waals surface area contributed by atoms with Crippen LogP contribution in [0.4, 0.5) is 5.69 Å². The van der Waals surface area contributed by atoms with Crippen LogP contribution >= 0.6 is 0 Å². The lowest BCUT2D eigenvalue weighted by atomic mass is 9.89. The fourth-order valence-corrected chi connectivity index (χ4v) is 6.75. The van der Waals surface area contributed by atoms with Gasteiger partial charge in [0.05, 0.1) is 35.9 Å². The van der Waals surface area contributed by atoms with E-state index in [9.17, 15) is 18.3 Å². The third-order valence-electron chi connectivity index (χ3n) is 8.09. The smallest absolute Gasteiger partial charge is 0.262 e. The van der Waals surface area contributed by atoms with Crippen LogP contribution in [0.5, 0.6) is 11.5 Å². The molecule has 1 fully saturated rings. The molecule has 40 heavy (non-hydrogen) atoms. The maximum absolute atomic E-state index is 13.7. The number of amides is 1. The van der Waals surface area contributed by atoms with Gasteiger partial charge in [-0.25, -0.2) is 8.42 Å². The molecule has 2 aliphatic rings. The Kier molecular flexibility index (Phi) is 9.97. The summed E-state index contributed by atoms with van der Waals surface area (Å²) in [6.07, 6.45) is 6.03. The molecule has 1 amide bonds. The zero-order chi connectivity index (χ0) is 28.9. The molecule has 2 aromatic rings. The van der Waals surface area contributed by atoms with E-state index >= 15 is 0 Å². The first-order chi connectivity index (χ1) is 19.1. The van der Waals surface area contributed by atoms with Crippen LogP contribution in [0.3, 0.4) is 0 Å². The van der Waals surface area contributed by atoms with Crippen molar-refractivity contribution in [2.24, 2.45) is 11.8 Å². The summed E-state index contributed by atoms with van der Waals surface area (Å²) in [5.74, 6) is 1.05. The van der Waals surface area contributed by atoms with E-state index in [0.29, 0.717) is 24.8 Å². The number of fused-ring (bicyclic) bond motifs is 1. The van der Waals surface area contributed by atoms with E-state index in [0.717, 1.165) is 6.54 Å². The molecule has 0 bridgehead atoms. The minimum atomic E-state index is -3.98. The number of benzene rings is 2. The predicted octanol–water partition coefficient (Wildman–Crippen LogP) is 4.23. The number of aliphatic hydroxyl groups excluding tert-OH is 1. The quantitative estimate of drug-likeness (QED) is 0.438. The van der Waals surface area contributed by atoms with E-state index in [1.165, 1.54) is 51.3 Å². The number of carbonyl (C=O) groups excluding carboxylic acids is 1. The molecule has 2 aromatic carbocycles. The fourth-order valence-electron chi connectivity index (χ4n) is 5.69. The van der Waals surface area contributed by atoms with Gasteiger partial charge in [-0.3, -0.25) is 9.52 Å². The van der Waals surface area contributed by atoms with Gasteiger partial charge in [-0.2, -0.15) is 0 Å². The topological polar surface area (TPSA) is 108 Å². The lowest BCUT2D eigenvalue weighted by molar-refractivity contribution is 0.0333. The number of nitrogens with one attached hydrogen (secondary N) is 1. The van der Waals surface area contributed by atoms with Crippen molar-refractivity contribution in [3.63, 3.8) is 0 Å². The van der Waals surface area contributed by atoms with Crippen molar-refractivity contribution in [2.45, 2.75) is 63.0 Å². The predicted molar refractivity (Wildman–Crippen MR) is 155 cm³/mol. The van der Waals surface area contributed by atoms with Gasteiger partial charge in [0.1, 0.15) is 11.9 Å². The Morgan fingerprint density at radius 1 is 1.12 bits per heavy atom. The van der Waals surface area contributed by atoms with E-state index < -0.39 is 16.1 Å². The fraction of sp³-hybridized carbons (Fsp3) is 0.567. The summed E-state index contributed by atoms with van der Waals surface area (Å²) in [7, 11) is -0.363. The Balaban J connectivity index is 1.67. The van der Waals surface area contributed by atoms with Gasteiger partial charge in [0.2, 0.25) is 0 Å². The van der Waals surface area contributed by atoms with Crippen LogP contribution in [0, 0.1) is 11.8 Å². The van der Waals surface area contributed by atoms with Crippen molar-refractivity contribution in [2.75, 3.05) is 45.1 Å². The molecule has 2 N–H and O–H groups in total. The summed E-state index contributed by atoms with van der Waals surface area (Å²) in [5.41, 5.74) is 0.467. The normalized spacial score (nSPS) is 21.2. The first-order valence-electron chi connectivity index (χ1n) is 14.2. The van der Waals surface area contributed by atoms with E-state index in [-0.39, 0.29) is 46.4 Å². The average Bonchev–Trinajstić information content (AvgIpc) is 2.95. The number of rotatable bonds is 10. The SMILES string of the molecule is COc1ccc(S(=O)(=O)Nc2cccc3c2O[C@@H](CN(C)CC2CCCCC2)[C@@H](C)CN([C@H](C)CO)C3=O)cc1. The molecule has 9 nitrogen and oxygen atoms in total. The number of methoxy groups -OCH3 is 1. The standard InChI is InChI=1S/C30H43N3O6S/c1-21-17-33(22(2)20-34)30(35)26-11-8-12-27(31-40(36,37)25-15-13-24(38-4)14-16-25)29(26)39-28(21)19-32(3)18-23-9-6-5-7-10-23/h8,11-16,21-23,28,31,34H,5-7,9-10,17-20H2,1-4H3/t21-,22+,28-/m0/s1. The highest BCUT2D eigenvalue weighted by Gasteiger charge is 2.35. The second-order valence-electron chi connectivity index (χ2n) is 11.3. The van der Waals surface area contributed by atoms with Crippen LogP contribution in [0.2, 0.25) is 0 Å². The van der Waals surface area contributed by atoms with E-state index in [2.05, 4.69) is 16.7 Å². The zero-order valence-corrected chi connectivity index (χ0v) is 24.8. The van der Waals surface area contributed by atoms with Crippen molar-refractivity contribution in [1.82, 2.24) is 9.80 Å². The van der Waals surface area contributed by atoms with E-state index in [1.54, 1.807) is 35.2 Å². The molecule has 0 unspecified atom stereocenters. The minimum absolute atomic E-state index is 0.0637. The van der Waals surface area contributed by atoms with Gasteiger partial charge in [0.25, 0.3) is 15.9 Å². The van der Waals surface area contributed by atoms with Gasteiger partial charge in [-0.05, 0) is 69.1 Å². The molecule has 4 rings (SSSR count). The summed E-state index contributed by atoms with van der Waals surface area (Å²) in [5, 5.41) is 9.93. The molecule has 1 aliphatic heterocycles. The summed E-state index contributed by atoms with van der Waals surface area (Å²) < 4.78 is 41.1. The highest BCUT2D eigenvalue weighted by molar-refractivity contribution is 7.92. The molecule has 1 aliphatic carbocycles. The molecule has 1 heterocycles. The Bertz CT molecular complexity index is 1250. The first kappa shape index (κ1) is 30.1. The molecular formula is C30H43N3O6S. The maximum atomic E-state index is 13.7. The zero-order valence-electron chi connectivity index (χ0n) is 24.0. The number of carbonyl (C=O) groups is 1. The van der Waals surface area contributed by atoms with Crippen molar-refractivity contribution < 1.29 is 27.8 Å². The van der Waals surface area contributed by atoms with Gasteiger partial charge in [0, 0.05) is 25.6 Å². The molecular weight excluding hydrogens is 530 g/mol. The lowest BCUT2D eigenvalue weighted by Gasteiger charge is -2.39. The lowest BCUT2D eigenvalue weighted by Crippen LogP contribution is -2.50. The Morgan fingerprint density at radius 3 is 2.48 bits per heavy atom. The number of para-hydroxylation sites is 1. The Morgan fingerprint density at radius 2 is 1.82 bits per heavy atom. The molecule has 1 saturated carbocycles. The van der Waals surface area contributed by atoms with Crippen LogP contribution in [-0.4, -0.2) is 81.8 Å². The van der Waals surface area contributed by atoms with Crippen LogP contribution in [0.15, 0.2) is 47.4 Å². The van der Waals surface area contributed by atoms with E-state index in [1.807, 2.05) is 13.8 Å². The van der Waals surface area contributed by atoms with Crippen molar-refractivity contribution in [3.05, 3.63) is 48.0 Å². The van der Waals surface area contributed by atoms with Crippen molar-refractivity contribution in [1.29, 1.82) is 0 Å². The number of likely N-dealkylation sites (N-methyl/N-ethyl adjacent to an activating group) is 1. The average molecular weight is 574 g/mol. The number of sulfonamides is 1. The molecule has 0 aromatic heterocycles. The van der Waals surface area contributed by atoms with Gasteiger partial charge in [0.15, 0.2) is 5.75 Å². The molecule has 220 valence electrons. The summed E-state index contributed by atoms with van der Waals surface area (Å²) >= 11 is 0. The van der Waals surface area contributed by atoms with Gasteiger partial charge >= 0.3 is 0 Å². The van der Waals surface area contributed by atoms with E-state index in [4.69, 9.17) is 9.47 Å². The molecule has 0 saturated heterocycles. The monoisotopic (exact) mass is 573 g/mol. The first-order valence-corrected chi connectivity index (χ1v) is 15.7. The highest BCUT2D eigenvalue weighted by atomic mass is 32.2. The van der Waals surface area contributed by atoms with Crippen molar-refractivity contribution >= 4 is 21.6 Å². The van der Waals surface area contributed by atoms with Gasteiger partial charge in [-0.1, -0.05) is 32.3 Å². The van der Waals surface area contributed by atoms with Gasteiger partial charge in [-0.15, -0.1) is 0 Å². The number of aliphatic hydroxyl groups is 1. The summed E-state index contributed by atoms with van der Waals surface area (Å²) in [4.78, 5) is 17.7. The van der Waals surface area contributed by atoms with Crippen LogP contribution in [-0.2, 0) is 10.0 Å². The Labute approximate surface area is 238 Å². The third-order valence-corrected chi connectivity index (χ3v) is 9.47.